The smallest absolute Gasteiger partial charge is 0.336 e. The number of nitrogens with zero attached hydrogens (tertiary/aromatic N) is 1. The van der Waals surface area contributed by atoms with Gasteiger partial charge in [0.15, 0.2) is 0 Å². The van der Waals surface area contributed by atoms with Crippen LogP contribution in [0.5, 0.6) is 0 Å². The predicted molar refractivity (Wildman–Crippen MR) is 85.5 cm³/mol. The molecule has 2 aromatic carbocycles. The number of sulfonamides is 1. The third kappa shape index (κ3) is 3.92. The second-order valence-corrected chi connectivity index (χ2v) is 6.78. The van der Waals surface area contributed by atoms with Gasteiger partial charge in [-0.15, -0.1) is 0 Å². The number of nitrogens with one attached hydrogen (secondary N) is 1. The molecule has 22 heavy (non-hydrogen) atoms. The van der Waals surface area contributed by atoms with Crippen molar-refractivity contribution >= 4 is 38.1 Å². The van der Waals surface area contributed by atoms with Crippen LogP contribution in [0.3, 0.4) is 0 Å². The summed E-state index contributed by atoms with van der Waals surface area (Å²) in [4.78, 5) is 13.1. The van der Waals surface area contributed by atoms with E-state index in [2.05, 4.69) is 21.0 Å². The van der Waals surface area contributed by atoms with Gasteiger partial charge in [0.2, 0.25) is 0 Å². The summed E-state index contributed by atoms with van der Waals surface area (Å²) in [6, 6.07) is 12.2. The molecule has 0 aliphatic heterocycles. The SMILES string of the molecule is O=C(O)c1ccccc1C=NNS(=O)(=O)c1ccc(Br)cc1. The van der Waals surface area contributed by atoms with Crippen molar-refractivity contribution in [3.63, 3.8) is 0 Å². The number of rotatable bonds is 5. The van der Waals surface area contributed by atoms with Crippen molar-refractivity contribution in [1.29, 1.82) is 0 Å². The molecule has 0 unspecified atom stereocenters. The monoisotopic (exact) mass is 382 g/mol. The van der Waals surface area contributed by atoms with Crippen LogP contribution in [0, 0.1) is 0 Å². The van der Waals surface area contributed by atoms with Gasteiger partial charge in [0.05, 0.1) is 16.7 Å². The minimum Gasteiger partial charge on any atom is -0.478 e. The molecular formula is C14H11BrN2O4S. The van der Waals surface area contributed by atoms with Gasteiger partial charge >= 0.3 is 5.97 Å². The topological polar surface area (TPSA) is 95.8 Å². The van der Waals surface area contributed by atoms with E-state index in [1.807, 2.05) is 4.83 Å². The molecule has 0 aliphatic carbocycles. The number of hydrazone groups is 1. The maximum Gasteiger partial charge on any atom is 0.336 e. The number of carboxylic acid groups (broad SMARTS) is 1. The van der Waals surface area contributed by atoms with E-state index in [-0.39, 0.29) is 10.5 Å². The Bertz CT molecular complexity index is 817. The van der Waals surface area contributed by atoms with Crippen LogP contribution in [-0.4, -0.2) is 25.7 Å². The predicted octanol–water partition coefficient (Wildman–Crippen LogP) is 2.46. The second kappa shape index (κ2) is 6.71. The molecule has 0 spiro atoms. The number of carbonyl (C=O) groups is 1. The summed E-state index contributed by atoms with van der Waals surface area (Å²) in [5.74, 6) is -1.11. The maximum absolute atomic E-state index is 12.0. The van der Waals surface area contributed by atoms with E-state index in [0.717, 1.165) is 10.7 Å². The normalized spacial score (nSPS) is 11.5. The van der Waals surface area contributed by atoms with Crippen LogP contribution in [-0.2, 0) is 10.0 Å². The summed E-state index contributed by atoms with van der Waals surface area (Å²) >= 11 is 3.22. The minimum absolute atomic E-state index is 0.0362. The van der Waals surface area contributed by atoms with E-state index in [0.29, 0.717) is 5.56 Å². The molecule has 8 heteroatoms. The van der Waals surface area contributed by atoms with Gasteiger partial charge in [0.1, 0.15) is 0 Å². The molecule has 2 N–H and O–H groups in total. The average Bonchev–Trinajstić information content (AvgIpc) is 2.48. The molecule has 0 aromatic heterocycles. The standard InChI is InChI=1S/C14H11BrN2O4S/c15-11-5-7-12(8-6-11)22(20,21)17-16-9-10-3-1-2-4-13(10)14(18)19/h1-9,17H,(H,18,19). The molecule has 0 radical (unpaired) electrons. The summed E-state index contributed by atoms with van der Waals surface area (Å²) in [6.07, 6.45) is 1.15. The molecule has 0 heterocycles. The highest BCUT2D eigenvalue weighted by Gasteiger charge is 2.12. The minimum atomic E-state index is -3.80. The first-order valence-electron chi connectivity index (χ1n) is 6.03. The third-order valence-electron chi connectivity index (χ3n) is 2.69. The lowest BCUT2D eigenvalue weighted by molar-refractivity contribution is 0.0696. The van der Waals surface area contributed by atoms with Crippen molar-refractivity contribution in [2.45, 2.75) is 4.90 Å². The van der Waals surface area contributed by atoms with Gasteiger partial charge in [0.25, 0.3) is 10.0 Å². The van der Waals surface area contributed by atoms with Crippen molar-refractivity contribution in [2.75, 3.05) is 0 Å². The maximum atomic E-state index is 12.0. The molecule has 0 aliphatic rings. The quantitative estimate of drug-likeness (QED) is 0.613. The van der Waals surface area contributed by atoms with Crippen molar-refractivity contribution in [1.82, 2.24) is 4.83 Å². The summed E-state index contributed by atoms with van der Waals surface area (Å²) in [7, 11) is -3.80. The Morgan fingerprint density at radius 2 is 1.77 bits per heavy atom. The largest absolute Gasteiger partial charge is 0.478 e. The van der Waals surface area contributed by atoms with Gasteiger partial charge in [0, 0.05) is 10.0 Å². The lowest BCUT2D eigenvalue weighted by Crippen LogP contribution is -2.18. The molecule has 0 saturated heterocycles. The number of hydrogen-bond donors (Lipinski definition) is 2. The Kier molecular flexibility index (Phi) is 4.94. The van der Waals surface area contributed by atoms with Crippen molar-refractivity contribution < 1.29 is 18.3 Å². The zero-order valence-corrected chi connectivity index (χ0v) is 13.5. The average molecular weight is 383 g/mol. The van der Waals surface area contributed by atoms with E-state index in [1.165, 1.54) is 24.3 Å². The highest BCUT2D eigenvalue weighted by atomic mass is 79.9. The second-order valence-electron chi connectivity index (χ2n) is 4.20. The van der Waals surface area contributed by atoms with Crippen LogP contribution in [0.2, 0.25) is 0 Å². The van der Waals surface area contributed by atoms with E-state index < -0.39 is 16.0 Å². The van der Waals surface area contributed by atoms with Crippen LogP contribution in [0.4, 0.5) is 0 Å². The molecule has 2 aromatic rings. The van der Waals surface area contributed by atoms with E-state index in [1.54, 1.807) is 24.3 Å². The Balaban J connectivity index is 2.19. The van der Waals surface area contributed by atoms with Gasteiger partial charge in [-0.25, -0.2) is 9.63 Å². The van der Waals surface area contributed by atoms with E-state index in [9.17, 15) is 13.2 Å². The fraction of sp³-hybridized carbons (Fsp3) is 0. The number of hydrogen-bond acceptors (Lipinski definition) is 4. The lowest BCUT2D eigenvalue weighted by Gasteiger charge is -2.04. The highest BCUT2D eigenvalue weighted by molar-refractivity contribution is 9.10. The van der Waals surface area contributed by atoms with Crippen LogP contribution < -0.4 is 4.83 Å². The Morgan fingerprint density at radius 3 is 2.41 bits per heavy atom. The van der Waals surface area contributed by atoms with E-state index >= 15 is 0 Å². The van der Waals surface area contributed by atoms with Gasteiger partial charge in [-0.1, -0.05) is 34.1 Å². The number of halogens is 1. The van der Waals surface area contributed by atoms with Gasteiger partial charge in [-0.05, 0) is 30.3 Å². The fourth-order valence-electron chi connectivity index (χ4n) is 1.64. The van der Waals surface area contributed by atoms with Crippen LogP contribution >= 0.6 is 15.9 Å². The highest BCUT2D eigenvalue weighted by Crippen LogP contribution is 2.14. The molecule has 0 saturated carbocycles. The number of carboxylic acids is 1. The van der Waals surface area contributed by atoms with Crippen molar-refractivity contribution in [3.05, 3.63) is 64.1 Å². The zero-order chi connectivity index (χ0) is 16.2. The van der Waals surface area contributed by atoms with Crippen LogP contribution in [0.15, 0.2) is 63.0 Å². The summed E-state index contributed by atoms with van der Waals surface area (Å²) in [5.41, 5.74) is 0.336. The number of benzene rings is 2. The molecule has 6 nitrogen and oxygen atoms in total. The Hall–Kier alpha value is -2.19. The Labute approximate surface area is 135 Å². The van der Waals surface area contributed by atoms with Crippen molar-refractivity contribution in [3.8, 4) is 0 Å². The fourth-order valence-corrected chi connectivity index (χ4v) is 2.69. The first-order valence-corrected chi connectivity index (χ1v) is 8.30. The van der Waals surface area contributed by atoms with Crippen LogP contribution in [0.1, 0.15) is 15.9 Å². The Morgan fingerprint density at radius 1 is 1.14 bits per heavy atom. The third-order valence-corrected chi connectivity index (χ3v) is 4.46. The summed E-state index contributed by atoms with van der Waals surface area (Å²) in [5, 5.41) is 12.6. The molecule has 0 bridgehead atoms. The molecule has 0 amide bonds. The first kappa shape index (κ1) is 16.2. The van der Waals surface area contributed by atoms with Crippen molar-refractivity contribution in [2.24, 2.45) is 5.10 Å². The van der Waals surface area contributed by atoms with E-state index in [4.69, 9.17) is 5.11 Å². The molecule has 114 valence electrons. The van der Waals surface area contributed by atoms with Gasteiger partial charge in [-0.2, -0.15) is 13.5 Å². The van der Waals surface area contributed by atoms with Crippen LogP contribution in [0.25, 0.3) is 0 Å². The molecule has 0 atom stereocenters. The summed E-state index contributed by atoms with van der Waals surface area (Å²) in [6.45, 7) is 0. The molecule has 2 rings (SSSR count). The zero-order valence-electron chi connectivity index (χ0n) is 11.1. The first-order chi connectivity index (χ1) is 10.4. The molecular weight excluding hydrogens is 372 g/mol. The summed E-state index contributed by atoms with van der Waals surface area (Å²) < 4.78 is 24.7. The number of aromatic carboxylic acids is 1. The van der Waals surface area contributed by atoms with Gasteiger partial charge in [-0.3, -0.25) is 0 Å². The lowest BCUT2D eigenvalue weighted by atomic mass is 10.1. The molecule has 0 fully saturated rings. The van der Waals surface area contributed by atoms with Gasteiger partial charge < -0.3 is 5.11 Å².